The van der Waals surface area contributed by atoms with E-state index in [1.807, 2.05) is 43.3 Å². The molecule has 2 heterocycles. The Morgan fingerprint density at radius 2 is 1.88 bits per heavy atom. The van der Waals surface area contributed by atoms with E-state index in [0.29, 0.717) is 5.65 Å². The monoisotopic (exact) mass is 210 g/mol. The summed E-state index contributed by atoms with van der Waals surface area (Å²) in [7, 11) is 0. The molecule has 0 aliphatic heterocycles. The molecule has 0 fully saturated rings. The minimum Gasteiger partial charge on any atom is -0.280 e. The highest BCUT2D eigenvalue weighted by molar-refractivity contribution is 5.81. The van der Waals surface area contributed by atoms with Gasteiger partial charge in [0.2, 0.25) is 5.65 Å². The molecule has 0 amide bonds. The first-order valence-corrected chi connectivity index (χ1v) is 5.08. The Morgan fingerprint density at radius 3 is 2.69 bits per heavy atom. The highest BCUT2D eigenvalue weighted by Crippen LogP contribution is 2.20. The molecule has 0 spiro atoms. The number of fused-ring (bicyclic) bond motifs is 1. The van der Waals surface area contributed by atoms with Crippen molar-refractivity contribution in [3.8, 4) is 11.3 Å². The molecule has 16 heavy (non-hydrogen) atoms. The second-order valence-corrected chi connectivity index (χ2v) is 3.68. The van der Waals surface area contributed by atoms with Gasteiger partial charge in [0, 0.05) is 16.6 Å². The number of nitrogens with zero attached hydrogens (tertiary/aromatic N) is 3. The molecule has 0 radical (unpaired) electrons. The lowest BCUT2D eigenvalue weighted by molar-refractivity contribution is 1.01. The number of H-pyrrole nitrogens is 1. The van der Waals surface area contributed by atoms with E-state index in [1.165, 1.54) is 0 Å². The lowest BCUT2D eigenvalue weighted by atomic mass is 10.1. The van der Waals surface area contributed by atoms with Crippen LogP contribution in [0.4, 0.5) is 0 Å². The van der Waals surface area contributed by atoms with E-state index in [9.17, 15) is 0 Å². The number of aromatic nitrogens is 4. The van der Waals surface area contributed by atoms with Gasteiger partial charge >= 0.3 is 0 Å². The van der Waals surface area contributed by atoms with E-state index >= 15 is 0 Å². The molecule has 0 unspecified atom stereocenters. The van der Waals surface area contributed by atoms with Crippen molar-refractivity contribution in [2.24, 2.45) is 0 Å². The number of nitrogens with one attached hydrogen (secondary N) is 1. The Hall–Kier alpha value is -2.23. The zero-order chi connectivity index (χ0) is 11.0. The Labute approximate surface area is 92.3 Å². The van der Waals surface area contributed by atoms with Crippen molar-refractivity contribution in [2.45, 2.75) is 6.92 Å². The van der Waals surface area contributed by atoms with E-state index in [4.69, 9.17) is 0 Å². The van der Waals surface area contributed by atoms with Gasteiger partial charge in [0.05, 0.1) is 5.69 Å². The fraction of sp³-hybridized carbons (Fsp3) is 0.0833. The van der Waals surface area contributed by atoms with Crippen LogP contribution in [0.25, 0.3) is 22.3 Å². The predicted octanol–water partition coefficient (Wildman–Crippen LogP) is 2.33. The van der Waals surface area contributed by atoms with Crippen LogP contribution in [0.3, 0.4) is 0 Å². The van der Waals surface area contributed by atoms with Crippen LogP contribution in [-0.4, -0.2) is 20.4 Å². The van der Waals surface area contributed by atoms with E-state index in [2.05, 4.69) is 20.4 Å². The van der Waals surface area contributed by atoms with Crippen LogP contribution in [0.1, 0.15) is 5.69 Å². The van der Waals surface area contributed by atoms with Gasteiger partial charge < -0.3 is 0 Å². The van der Waals surface area contributed by atoms with Crippen molar-refractivity contribution >= 4 is 11.0 Å². The van der Waals surface area contributed by atoms with E-state index in [1.54, 1.807) is 0 Å². The maximum absolute atomic E-state index is 4.16. The minimum absolute atomic E-state index is 0.664. The third-order valence-corrected chi connectivity index (χ3v) is 2.58. The molecule has 3 aromatic rings. The molecule has 0 saturated heterocycles. The third kappa shape index (κ3) is 1.35. The normalized spacial score (nSPS) is 10.8. The van der Waals surface area contributed by atoms with Crippen LogP contribution in [-0.2, 0) is 0 Å². The van der Waals surface area contributed by atoms with Gasteiger partial charge in [-0.15, -0.1) is 10.2 Å². The zero-order valence-corrected chi connectivity index (χ0v) is 8.81. The molecule has 78 valence electrons. The van der Waals surface area contributed by atoms with Crippen LogP contribution in [0.2, 0.25) is 0 Å². The molecule has 0 aliphatic carbocycles. The number of aryl methyl sites for hydroxylation is 1. The van der Waals surface area contributed by atoms with Crippen molar-refractivity contribution in [3.05, 3.63) is 42.1 Å². The highest BCUT2D eigenvalue weighted by Gasteiger charge is 2.06. The van der Waals surface area contributed by atoms with Gasteiger partial charge in [0.1, 0.15) is 0 Å². The van der Waals surface area contributed by atoms with Crippen LogP contribution in [0.5, 0.6) is 0 Å². The van der Waals surface area contributed by atoms with Crippen molar-refractivity contribution in [1.82, 2.24) is 20.4 Å². The molecule has 2 aromatic heterocycles. The van der Waals surface area contributed by atoms with E-state index < -0.39 is 0 Å². The number of benzene rings is 1. The lowest BCUT2D eigenvalue weighted by Gasteiger charge is -1.98. The first-order chi connectivity index (χ1) is 7.84. The number of aromatic amines is 1. The fourth-order valence-corrected chi connectivity index (χ4v) is 1.69. The zero-order valence-electron chi connectivity index (χ0n) is 8.81. The van der Waals surface area contributed by atoms with Gasteiger partial charge in [-0.25, -0.2) is 0 Å². The van der Waals surface area contributed by atoms with Crippen LogP contribution in [0, 0.1) is 6.92 Å². The average Bonchev–Trinajstić information content (AvgIpc) is 2.72. The summed E-state index contributed by atoms with van der Waals surface area (Å²) in [5.74, 6) is 0. The van der Waals surface area contributed by atoms with Crippen LogP contribution >= 0.6 is 0 Å². The summed E-state index contributed by atoms with van der Waals surface area (Å²) in [6, 6.07) is 12.0. The Kier molecular flexibility index (Phi) is 1.93. The highest BCUT2D eigenvalue weighted by atomic mass is 15.2. The summed E-state index contributed by atoms with van der Waals surface area (Å²) in [5.41, 5.74) is 3.62. The van der Waals surface area contributed by atoms with Gasteiger partial charge in [-0.2, -0.15) is 5.10 Å². The third-order valence-electron chi connectivity index (χ3n) is 2.58. The van der Waals surface area contributed by atoms with Gasteiger partial charge in [0.15, 0.2) is 0 Å². The average molecular weight is 210 g/mol. The largest absolute Gasteiger partial charge is 0.280 e. The molecule has 4 heteroatoms. The standard InChI is InChI=1S/C12H10N4/c1-8-10-7-11(9-5-3-2-4-6-9)14-16-12(10)15-13-8/h2-7H,1H3,(H,13,15,16). The first-order valence-electron chi connectivity index (χ1n) is 5.08. The summed E-state index contributed by atoms with van der Waals surface area (Å²) >= 11 is 0. The molecule has 0 bridgehead atoms. The maximum Gasteiger partial charge on any atom is 0.203 e. The second kappa shape index (κ2) is 3.41. The first kappa shape index (κ1) is 9.03. The predicted molar refractivity (Wildman–Crippen MR) is 61.9 cm³/mol. The lowest BCUT2D eigenvalue weighted by Crippen LogP contribution is -1.88. The summed E-state index contributed by atoms with van der Waals surface area (Å²) in [6.07, 6.45) is 0. The number of hydrogen-bond acceptors (Lipinski definition) is 3. The summed E-state index contributed by atoms with van der Waals surface area (Å²) in [4.78, 5) is 0. The molecular weight excluding hydrogens is 200 g/mol. The van der Waals surface area contributed by atoms with Crippen LogP contribution in [0.15, 0.2) is 36.4 Å². The van der Waals surface area contributed by atoms with Gasteiger partial charge in [-0.3, -0.25) is 5.10 Å². The van der Waals surface area contributed by atoms with E-state index in [-0.39, 0.29) is 0 Å². The summed E-state index contributed by atoms with van der Waals surface area (Å²) < 4.78 is 0. The minimum atomic E-state index is 0.664. The molecule has 4 nitrogen and oxygen atoms in total. The fourth-order valence-electron chi connectivity index (χ4n) is 1.69. The molecule has 0 aliphatic rings. The number of rotatable bonds is 1. The van der Waals surface area contributed by atoms with Crippen molar-refractivity contribution in [1.29, 1.82) is 0 Å². The SMILES string of the molecule is Cc1[nH]nc2nnc(-c3ccccc3)cc12. The second-order valence-electron chi connectivity index (χ2n) is 3.68. The molecule has 1 aromatic carbocycles. The van der Waals surface area contributed by atoms with Crippen molar-refractivity contribution < 1.29 is 0 Å². The molecular formula is C12H10N4. The summed E-state index contributed by atoms with van der Waals surface area (Å²) in [5, 5.41) is 16.2. The quantitative estimate of drug-likeness (QED) is 0.670. The van der Waals surface area contributed by atoms with Crippen molar-refractivity contribution in [2.75, 3.05) is 0 Å². The maximum atomic E-state index is 4.16. The molecule has 3 rings (SSSR count). The molecule has 0 atom stereocenters. The van der Waals surface area contributed by atoms with Crippen LogP contribution < -0.4 is 0 Å². The Morgan fingerprint density at radius 1 is 1.06 bits per heavy atom. The molecule has 1 N–H and O–H groups in total. The smallest absolute Gasteiger partial charge is 0.203 e. The van der Waals surface area contributed by atoms with Crippen molar-refractivity contribution in [3.63, 3.8) is 0 Å². The Bertz CT molecular complexity index is 628. The topological polar surface area (TPSA) is 54.5 Å². The summed E-state index contributed by atoms with van der Waals surface area (Å²) in [6.45, 7) is 1.98. The number of hydrogen-bond donors (Lipinski definition) is 1. The van der Waals surface area contributed by atoms with Gasteiger partial charge in [-0.05, 0) is 13.0 Å². The van der Waals surface area contributed by atoms with Gasteiger partial charge in [0.25, 0.3) is 0 Å². The molecule has 0 saturated carbocycles. The Balaban J connectivity index is 2.22. The van der Waals surface area contributed by atoms with E-state index in [0.717, 1.165) is 22.3 Å². The van der Waals surface area contributed by atoms with Gasteiger partial charge in [-0.1, -0.05) is 30.3 Å².